The van der Waals surface area contributed by atoms with Crippen molar-refractivity contribution in [2.24, 2.45) is 0 Å². The van der Waals surface area contributed by atoms with Crippen LogP contribution in [0.4, 0.5) is 13.2 Å². The minimum Gasteiger partial charge on any atom is -0.203 e. The van der Waals surface area contributed by atoms with Crippen molar-refractivity contribution in [3.8, 4) is 0 Å². The smallest absolute Gasteiger partial charge is 0.203 e. The molecule has 0 radical (unpaired) electrons. The summed E-state index contributed by atoms with van der Waals surface area (Å²) in [5.41, 5.74) is 1.70. The minimum absolute atomic E-state index is 0.108. The number of aromatic nitrogens is 3. The predicted octanol–water partition coefficient (Wildman–Crippen LogP) is 3.27. The summed E-state index contributed by atoms with van der Waals surface area (Å²) in [5, 5.41) is 3.57. The molecule has 2 heterocycles. The molecule has 0 saturated carbocycles. The van der Waals surface area contributed by atoms with Crippen LogP contribution in [-0.4, -0.2) is 14.6 Å². The number of rotatable bonds is 1. The summed E-state index contributed by atoms with van der Waals surface area (Å²) in [7, 11) is 0. The molecule has 0 spiro atoms. The van der Waals surface area contributed by atoms with Crippen LogP contribution in [0, 0.1) is 6.92 Å². The quantitative estimate of drug-likeness (QED) is 0.739. The summed E-state index contributed by atoms with van der Waals surface area (Å²) in [6, 6.07) is 1.55. The molecule has 0 bridgehead atoms. The number of pyridine rings is 1. The Hall–Kier alpha value is -1.30. The molecule has 0 aliphatic heterocycles. The van der Waals surface area contributed by atoms with E-state index in [9.17, 15) is 13.2 Å². The van der Waals surface area contributed by atoms with Gasteiger partial charge in [-0.25, -0.2) is 9.50 Å². The lowest BCUT2D eigenvalue weighted by Crippen LogP contribution is -2.07. The first-order chi connectivity index (χ1) is 7.84. The van der Waals surface area contributed by atoms with E-state index in [2.05, 4.69) is 10.1 Å². The molecular formula is C10H9ClF3N3. The molecule has 0 fully saturated rings. The maximum Gasteiger partial charge on any atom is 0.453 e. The summed E-state index contributed by atoms with van der Waals surface area (Å²) < 4.78 is 38.4. The molecule has 0 saturated heterocycles. The van der Waals surface area contributed by atoms with Crippen LogP contribution in [0.1, 0.15) is 23.9 Å². The fourth-order valence-corrected chi connectivity index (χ4v) is 2.09. The largest absolute Gasteiger partial charge is 0.453 e. The first kappa shape index (κ1) is 12.2. The van der Waals surface area contributed by atoms with Crippen molar-refractivity contribution in [3.05, 3.63) is 28.2 Å². The molecule has 0 amide bonds. The molecule has 0 aliphatic carbocycles. The summed E-state index contributed by atoms with van der Waals surface area (Å²) in [5.74, 6) is -1.17. The second-order valence-electron chi connectivity index (χ2n) is 3.65. The molecule has 0 aromatic carbocycles. The number of halogens is 4. The van der Waals surface area contributed by atoms with E-state index in [0.29, 0.717) is 6.42 Å². The van der Waals surface area contributed by atoms with E-state index in [-0.39, 0.29) is 10.8 Å². The molecule has 7 heteroatoms. The third-order valence-corrected chi connectivity index (χ3v) is 2.88. The number of hydrogen-bond donors (Lipinski definition) is 0. The van der Waals surface area contributed by atoms with E-state index < -0.39 is 12.0 Å². The van der Waals surface area contributed by atoms with E-state index in [1.54, 1.807) is 13.0 Å². The van der Waals surface area contributed by atoms with Gasteiger partial charge >= 0.3 is 6.18 Å². The number of fused-ring (bicyclic) bond motifs is 1. The topological polar surface area (TPSA) is 30.2 Å². The molecular weight excluding hydrogens is 255 g/mol. The third kappa shape index (κ3) is 1.97. The highest BCUT2D eigenvalue weighted by atomic mass is 35.5. The van der Waals surface area contributed by atoms with Gasteiger partial charge in [0.15, 0.2) is 5.65 Å². The molecule has 92 valence electrons. The van der Waals surface area contributed by atoms with Gasteiger partial charge in [0.2, 0.25) is 0 Å². The first-order valence-electron chi connectivity index (χ1n) is 4.96. The Bertz CT molecular complexity index is 574. The maximum absolute atomic E-state index is 12.5. The summed E-state index contributed by atoms with van der Waals surface area (Å²) in [4.78, 5) is 3.42. The summed E-state index contributed by atoms with van der Waals surface area (Å²) in [6.07, 6.45) is -3.93. The van der Waals surface area contributed by atoms with Crippen LogP contribution in [-0.2, 0) is 12.6 Å². The Morgan fingerprint density at radius 2 is 2.06 bits per heavy atom. The zero-order valence-corrected chi connectivity index (χ0v) is 9.89. The van der Waals surface area contributed by atoms with Crippen LogP contribution in [0.15, 0.2) is 6.07 Å². The van der Waals surface area contributed by atoms with Gasteiger partial charge < -0.3 is 0 Å². The van der Waals surface area contributed by atoms with Gasteiger partial charge in [0.05, 0.1) is 0 Å². The van der Waals surface area contributed by atoms with Gasteiger partial charge in [-0.1, -0.05) is 18.5 Å². The normalized spacial score (nSPS) is 12.4. The van der Waals surface area contributed by atoms with Gasteiger partial charge in [-0.05, 0) is 30.5 Å². The highest BCUT2D eigenvalue weighted by molar-refractivity contribution is 6.30. The van der Waals surface area contributed by atoms with Gasteiger partial charge in [0, 0.05) is 0 Å². The van der Waals surface area contributed by atoms with Crippen molar-refractivity contribution in [2.45, 2.75) is 26.4 Å². The van der Waals surface area contributed by atoms with Crippen molar-refractivity contribution in [3.63, 3.8) is 0 Å². The lowest BCUT2D eigenvalue weighted by atomic mass is 10.1. The van der Waals surface area contributed by atoms with E-state index in [0.717, 1.165) is 15.6 Å². The van der Waals surface area contributed by atoms with Gasteiger partial charge in [0.25, 0.3) is 5.82 Å². The maximum atomic E-state index is 12.5. The first-order valence-corrected chi connectivity index (χ1v) is 5.34. The summed E-state index contributed by atoms with van der Waals surface area (Å²) >= 11 is 6.00. The van der Waals surface area contributed by atoms with Gasteiger partial charge in [-0.15, -0.1) is 5.10 Å². The van der Waals surface area contributed by atoms with Crippen molar-refractivity contribution >= 4 is 17.2 Å². The predicted molar refractivity (Wildman–Crippen MR) is 57.1 cm³/mol. The highest BCUT2D eigenvalue weighted by Crippen LogP contribution is 2.29. The average molecular weight is 264 g/mol. The Morgan fingerprint density at radius 1 is 1.41 bits per heavy atom. The number of hydrogen-bond acceptors (Lipinski definition) is 2. The lowest BCUT2D eigenvalue weighted by molar-refractivity contribution is -0.144. The summed E-state index contributed by atoms with van der Waals surface area (Å²) in [6.45, 7) is 3.66. The van der Waals surface area contributed by atoms with Gasteiger partial charge in [-0.3, -0.25) is 0 Å². The monoisotopic (exact) mass is 263 g/mol. The molecule has 2 aromatic heterocycles. The van der Waals surface area contributed by atoms with Crippen LogP contribution >= 0.6 is 11.6 Å². The van der Waals surface area contributed by atoms with E-state index >= 15 is 0 Å². The number of aryl methyl sites for hydroxylation is 1. The third-order valence-electron chi connectivity index (χ3n) is 2.50. The standard InChI is InChI=1S/C10H9ClF3N3/c1-3-6-5(2)4-7-15-9(10(12,13)14)16-17(7)8(6)11/h4H,3H2,1-2H3. The van der Waals surface area contributed by atoms with Gasteiger partial charge in [0.1, 0.15) is 5.15 Å². The fourth-order valence-electron chi connectivity index (χ4n) is 1.68. The van der Waals surface area contributed by atoms with Crippen molar-refractivity contribution in [2.75, 3.05) is 0 Å². The second kappa shape index (κ2) is 3.87. The number of alkyl halides is 3. The molecule has 2 rings (SSSR count). The van der Waals surface area contributed by atoms with Crippen LogP contribution in [0.2, 0.25) is 5.15 Å². The van der Waals surface area contributed by atoms with Crippen LogP contribution in [0.25, 0.3) is 5.65 Å². The molecule has 17 heavy (non-hydrogen) atoms. The Labute approximate surface area is 100 Å². The second-order valence-corrected chi connectivity index (χ2v) is 4.01. The molecule has 0 atom stereocenters. The molecule has 2 aromatic rings. The lowest BCUT2D eigenvalue weighted by Gasteiger charge is -2.06. The molecule has 0 aliphatic rings. The SMILES string of the molecule is CCc1c(C)cc2nc(C(F)(F)F)nn2c1Cl. The molecule has 0 unspecified atom stereocenters. The Morgan fingerprint density at radius 3 is 2.59 bits per heavy atom. The Kier molecular flexibility index (Phi) is 2.77. The molecule has 3 nitrogen and oxygen atoms in total. The van der Waals surface area contributed by atoms with E-state index in [4.69, 9.17) is 11.6 Å². The fraction of sp³-hybridized carbons (Fsp3) is 0.400. The number of nitrogens with zero attached hydrogens (tertiary/aromatic N) is 3. The van der Waals surface area contributed by atoms with Gasteiger partial charge in [-0.2, -0.15) is 13.2 Å². The Balaban J connectivity index is 2.74. The van der Waals surface area contributed by atoms with Crippen molar-refractivity contribution < 1.29 is 13.2 Å². The highest BCUT2D eigenvalue weighted by Gasteiger charge is 2.36. The van der Waals surface area contributed by atoms with Crippen LogP contribution in [0.3, 0.4) is 0 Å². The van der Waals surface area contributed by atoms with E-state index in [1.807, 2.05) is 6.92 Å². The minimum atomic E-state index is -4.56. The van der Waals surface area contributed by atoms with Crippen LogP contribution < -0.4 is 0 Å². The average Bonchev–Trinajstić information content (AvgIpc) is 2.61. The zero-order valence-electron chi connectivity index (χ0n) is 9.14. The van der Waals surface area contributed by atoms with Crippen LogP contribution in [0.5, 0.6) is 0 Å². The zero-order chi connectivity index (χ0) is 12.8. The van der Waals surface area contributed by atoms with E-state index in [1.165, 1.54) is 0 Å². The van der Waals surface area contributed by atoms with Crippen molar-refractivity contribution in [1.82, 2.24) is 14.6 Å². The molecule has 0 N–H and O–H groups in total. The van der Waals surface area contributed by atoms with Crippen molar-refractivity contribution in [1.29, 1.82) is 0 Å².